The summed E-state index contributed by atoms with van der Waals surface area (Å²) in [4.78, 5) is 26.1. The molecule has 346 valence electrons. The Hall–Kier alpha value is -1.92. The molecule has 0 saturated carbocycles. The first-order valence-electron chi connectivity index (χ1n) is 25.7. The van der Waals surface area contributed by atoms with E-state index < -0.39 is 18.2 Å². The number of ether oxygens (including phenoxy) is 1. The number of esters is 1. The smallest absolute Gasteiger partial charge is 0.306 e. The van der Waals surface area contributed by atoms with E-state index in [0.717, 1.165) is 83.5 Å². The van der Waals surface area contributed by atoms with Crippen molar-refractivity contribution in [1.29, 1.82) is 0 Å². The zero-order valence-corrected chi connectivity index (χ0v) is 39.4. The number of hydrogen-bond acceptors (Lipinski definition) is 5. The molecule has 0 aliphatic heterocycles. The highest BCUT2D eigenvalue weighted by atomic mass is 16.5. The summed E-state index contributed by atoms with van der Waals surface area (Å²) in [5.41, 5.74) is 0. The molecule has 1 amide bonds. The minimum Gasteiger partial charge on any atom is -0.462 e. The highest BCUT2D eigenvalue weighted by Gasteiger charge is 2.24. The number of hydrogen-bond donors (Lipinski definition) is 3. The standard InChI is InChI=1S/C53H99NO5/c1-4-7-10-13-16-19-22-24-25-26-28-31-34-37-40-43-46-53(58)59-49(44-41-38-35-32-30-27-23-20-17-14-11-8-5-2)47-52(57)54-50(48-55)51(56)45-42-39-36-33-29-21-18-15-12-9-6-3/h8,11,14,17,20,23,49-51,55-56H,4-7,9-10,12-13,15-16,18-19,21-22,24-48H2,1-3H3,(H,54,57)/b11-8+,17-14+,23-20+. The number of amides is 1. The van der Waals surface area contributed by atoms with Gasteiger partial charge in [0, 0.05) is 6.42 Å². The van der Waals surface area contributed by atoms with Gasteiger partial charge in [-0.05, 0) is 44.9 Å². The van der Waals surface area contributed by atoms with E-state index in [0.29, 0.717) is 19.3 Å². The number of aliphatic hydroxyl groups excluding tert-OH is 2. The average molecular weight is 830 g/mol. The summed E-state index contributed by atoms with van der Waals surface area (Å²) >= 11 is 0. The number of nitrogens with one attached hydrogen (secondary N) is 1. The van der Waals surface area contributed by atoms with Crippen molar-refractivity contribution < 1.29 is 24.5 Å². The van der Waals surface area contributed by atoms with Crippen LogP contribution in [0.5, 0.6) is 0 Å². The third-order valence-corrected chi connectivity index (χ3v) is 11.8. The minimum atomic E-state index is -0.790. The van der Waals surface area contributed by atoms with Gasteiger partial charge in [0.15, 0.2) is 0 Å². The third kappa shape index (κ3) is 42.6. The Balaban J connectivity index is 4.56. The van der Waals surface area contributed by atoms with Crippen LogP contribution in [0.2, 0.25) is 0 Å². The summed E-state index contributed by atoms with van der Waals surface area (Å²) in [6, 6.07) is -0.704. The van der Waals surface area contributed by atoms with Gasteiger partial charge < -0.3 is 20.3 Å². The molecule has 0 saturated heterocycles. The predicted molar refractivity (Wildman–Crippen MR) is 255 cm³/mol. The highest BCUT2D eigenvalue weighted by molar-refractivity contribution is 5.77. The van der Waals surface area contributed by atoms with Crippen molar-refractivity contribution in [1.82, 2.24) is 5.32 Å². The van der Waals surface area contributed by atoms with Gasteiger partial charge in [-0.25, -0.2) is 0 Å². The van der Waals surface area contributed by atoms with Crippen molar-refractivity contribution in [3.05, 3.63) is 36.5 Å². The molecule has 3 N–H and O–H groups in total. The topological polar surface area (TPSA) is 95.9 Å². The summed E-state index contributed by atoms with van der Waals surface area (Å²) in [6.07, 6.45) is 54.9. The number of rotatable bonds is 46. The van der Waals surface area contributed by atoms with Gasteiger partial charge in [-0.2, -0.15) is 0 Å². The Bertz CT molecular complexity index is 977. The van der Waals surface area contributed by atoms with Crippen LogP contribution in [0.1, 0.15) is 265 Å². The molecule has 0 aliphatic carbocycles. The SMILES string of the molecule is CC/C=C/C=C/C=C/CCCCCCCC(CC(=O)NC(CO)C(O)CCCCCCCCCCCCC)OC(=O)CCCCCCCCCCCCCCCCCC. The van der Waals surface area contributed by atoms with Crippen molar-refractivity contribution in [3.8, 4) is 0 Å². The number of allylic oxidation sites excluding steroid dienone is 6. The molecule has 0 spiro atoms. The molecule has 0 heterocycles. The van der Waals surface area contributed by atoms with Gasteiger partial charge in [0.2, 0.25) is 5.91 Å². The van der Waals surface area contributed by atoms with Crippen LogP contribution in [0.15, 0.2) is 36.5 Å². The fourth-order valence-electron chi connectivity index (χ4n) is 7.90. The third-order valence-electron chi connectivity index (χ3n) is 11.8. The Morgan fingerprint density at radius 2 is 0.915 bits per heavy atom. The van der Waals surface area contributed by atoms with E-state index >= 15 is 0 Å². The summed E-state index contributed by atoms with van der Waals surface area (Å²) in [5.74, 6) is -0.484. The second-order valence-electron chi connectivity index (χ2n) is 17.6. The van der Waals surface area contributed by atoms with Gasteiger partial charge in [-0.1, -0.05) is 243 Å². The molecular weight excluding hydrogens is 731 g/mol. The molecule has 0 aromatic heterocycles. The average Bonchev–Trinajstić information content (AvgIpc) is 3.23. The van der Waals surface area contributed by atoms with Gasteiger partial charge in [0.1, 0.15) is 6.10 Å². The molecule has 3 unspecified atom stereocenters. The Labute approximate surface area is 366 Å². The van der Waals surface area contributed by atoms with Gasteiger partial charge in [-0.15, -0.1) is 0 Å². The predicted octanol–water partition coefficient (Wildman–Crippen LogP) is 15.3. The molecule has 0 bridgehead atoms. The van der Waals surface area contributed by atoms with Gasteiger partial charge in [-0.3, -0.25) is 9.59 Å². The molecule has 0 aromatic rings. The first kappa shape index (κ1) is 57.1. The molecule has 3 atom stereocenters. The van der Waals surface area contributed by atoms with E-state index in [1.54, 1.807) is 0 Å². The zero-order valence-electron chi connectivity index (χ0n) is 39.4. The molecule has 0 rings (SSSR count). The minimum absolute atomic E-state index is 0.0676. The van der Waals surface area contributed by atoms with E-state index in [9.17, 15) is 19.8 Å². The Morgan fingerprint density at radius 3 is 1.37 bits per heavy atom. The van der Waals surface area contributed by atoms with E-state index in [-0.39, 0.29) is 24.9 Å². The molecule has 0 radical (unpaired) electrons. The van der Waals surface area contributed by atoms with Crippen LogP contribution < -0.4 is 5.32 Å². The molecule has 59 heavy (non-hydrogen) atoms. The number of aliphatic hydroxyl groups is 2. The Morgan fingerprint density at radius 1 is 0.508 bits per heavy atom. The molecule has 0 aliphatic rings. The number of carbonyl (C=O) groups is 2. The normalized spacial score (nSPS) is 13.5. The molecule has 0 fully saturated rings. The lowest BCUT2D eigenvalue weighted by Crippen LogP contribution is -2.46. The van der Waals surface area contributed by atoms with E-state index in [4.69, 9.17) is 4.74 Å². The van der Waals surface area contributed by atoms with E-state index in [2.05, 4.69) is 62.5 Å². The maximum atomic E-state index is 13.2. The van der Waals surface area contributed by atoms with Crippen LogP contribution in [0.3, 0.4) is 0 Å². The van der Waals surface area contributed by atoms with Crippen molar-refractivity contribution in [2.24, 2.45) is 0 Å². The van der Waals surface area contributed by atoms with Crippen molar-refractivity contribution in [2.75, 3.05) is 6.61 Å². The second kappa shape index (κ2) is 47.1. The largest absolute Gasteiger partial charge is 0.462 e. The van der Waals surface area contributed by atoms with E-state index in [1.807, 2.05) is 0 Å². The van der Waals surface area contributed by atoms with Crippen LogP contribution in [0, 0.1) is 0 Å². The van der Waals surface area contributed by atoms with Crippen LogP contribution in [0.25, 0.3) is 0 Å². The van der Waals surface area contributed by atoms with Gasteiger partial charge >= 0.3 is 5.97 Å². The summed E-state index contributed by atoms with van der Waals surface area (Å²) in [6.45, 7) is 6.35. The van der Waals surface area contributed by atoms with Crippen molar-refractivity contribution in [2.45, 2.75) is 283 Å². The van der Waals surface area contributed by atoms with Gasteiger partial charge in [0.05, 0.1) is 25.2 Å². The number of unbranched alkanes of at least 4 members (excludes halogenated alkanes) is 30. The molecule has 6 heteroatoms. The lowest BCUT2D eigenvalue weighted by Gasteiger charge is -2.24. The lowest BCUT2D eigenvalue weighted by atomic mass is 10.0. The monoisotopic (exact) mass is 830 g/mol. The number of carbonyl (C=O) groups excluding carboxylic acids is 2. The van der Waals surface area contributed by atoms with Crippen LogP contribution >= 0.6 is 0 Å². The highest BCUT2D eigenvalue weighted by Crippen LogP contribution is 2.18. The van der Waals surface area contributed by atoms with Crippen molar-refractivity contribution in [3.63, 3.8) is 0 Å². The van der Waals surface area contributed by atoms with Crippen molar-refractivity contribution >= 4 is 11.9 Å². The summed E-state index contributed by atoms with van der Waals surface area (Å²) in [7, 11) is 0. The van der Waals surface area contributed by atoms with E-state index in [1.165, 1.54) is 135 Å². The quantitative estimate of drug-likeness (QED) is 0.0323. The zero-order chi connectivity index (χ0) is 43.1. The lowest BCUT2D eigenvalue weighted by molar-refractivity contribution is -0.151. The molecular formula is C53H99NO5. The second-order valence-corrected chi connectivity index (χ2v) is 17.6. The van der Waals surface area contributed by atoms with Gasteiger partial charge in [0.25, 0.3) is 0 Å². The molecule has 6 nitrogen and oxygen atoms in total. The van der Waals surface area contributed by atoms with Crippen LogP contribution in [-0.2, 0) is 14.3 Å². The molecule has 0 aromatic carbocycles. The fraction of sp³-hybridized carbons (Fsp3) is 0.849. The first-order chi connectivity index (χ1) is 29.0. The fourth-order valence-corrected chi connectivity index (χ4v) is 7.90. The maximum absolute atomic E-state index is 13.2. The Kier molecular flexibility index (Phi) is 45.6. The maximum Gasteiger partial charge on any atom is 0.306 e. The first-order valence-corrected chi connectivity index (χ1v) is 25.7. The summed E-state index contributed by atoms with van der Waals surface area (Å²) in [5, 5.41) is 23.7. The van der Waals surface area contributed by atoms with Crippen LogP contribution in [-0.4, -0.2) is 46.9 Å². The van der Waals surface area contributed by atoms with Crippen LogP contribution in [0.4, 0.5) is 0 Å². The summed E-state index contributed by atoms with van der Waals surface area (Å²) < 4.78 is 5.93.